The van der Waals surface area contributed by atoms with Crippen molar-refractivity contribution < 1.29 is 4.39 Å². The van der Waals surface area contributed by atoms with E-state index in [0.717, 1.165) is 114 Å². The molecule has 101 heavy (non-hydrogen) atoms. The van der Waals surface area contributed by atoms with E-state index in [9.17, 15) is 4.39 Å². The van der Waals surface area contributed by atoms with Crippen LogP contribution in [-0.2, 0) is 91.0 Å². The fraction of sp³-hybridized carbons (Fsp3) is 0.310. The van der Waals surface area contributed by atoms with Gasteiger partial charge in [0.05, 0.1) is 0 Å². The van der Waals surface area contributed by atoms with E-state index in [1.54, 1.807) is 34.6 Å². The summed E-state index contributed by atoms with van der Waals surface area (Å²) in [6.45, 7) is 24.4. The highest BCUT2D eigenvalue weighted by molar-refractivity contribution is 7.19. The van der Waals surface area contributed by atoms with Crippen LogP contribution in [0.15, 0.2) is 175 Å². The fourth-order valence-electron chi connectivity index (χ4n) is 15.5. The molecule has 8 aromatic heterocycles. The van der Waals surface area contributed by atoms with Crippen molar-refractivity contribution in [1.82, 2.24) is 37.9 Å². The molecule has 0 N–H and O–H groups in total. The molecule has 5 aromatic carbocycles. The van der Waals surface area contributed by atoms with Crippen LogP contribution in [0.5, 0.6) is 0 Å². The number of halogens is 2. The summed E-state index contributed by atoms with van der Waals surface area (Å²) in [5.41, 5.74) is 21.2. The van der Waals surface area contributed by atoms with Crippen molar-refractivity contribution in [3.05, 3.63) is 285 Å². The van der Waals surface area contributed by atoms with Crippen molar-refractivity contribution in [1.29, 1.82) is 0 Å². The van der Waals surface area contributed by atoms with Crippen LogP contribution < -0.4 is 0 Å². The summed E-state index contributed by atoms with van der Waals surface area (Å²) in [5.74, 6) is -0.155. The first-order chi connectivity index (χ1) is 49.1. The van der Waals surface area contributed by atoms with E-state index in [1.807, 2.05) is 75.7 Å². The van der Waals surface area contributed by atoms with Gasteiger partial charge >= 0.3 is 0 Å². The predicted molar refractivity (Wildman–Crippen MR) is 433 cm³/mol. The van der Waals surface area contributed by atoms with Gasteiger partial charge < -0.3 is 33.0 Å². The molecule has 12 heterocycles. The van der Waals surface area contributed by atoms with Gasteiger partial charge in [-0.25, -0.2) is 4.39 Å². The molecule has 0 aliphatic carbocycles. The molecule has 0 fully saturated rings. The van der Waals surface area contributed by atoms with Crippen LogP contribution in [0.2, 0.25) is 5.02 Å². The molecular formula is C87H94ClFN8S4. The van der Waals surface area contributed by atoms with Gasteiger partial charge in [0.15, 0.2) is 0 Å². The van der Waals surface area contributed by atoms with E-state index in [2.05, 4.69) is 239 Å². The topological polar surface area (TPSA) is 32.7 Å². The van der Waals surface area contributed by atoms with Crippen LogP contribution >= 0.6 is 56.9 Å². The highest BCUT2D eigenvalue weighted by Crippen LogP contribution is 2.41. The minimum Gasteiger partial charge on any atom is -0.336 e. The van der Waals surface area contributed by atoms with Gasteiger partial charge in [-0.2, -0.15) is 0 Å². The van der Waals surface area contributed by atoms with Crippen molar-refractivity contribution in [3.63, 3.8) is 0 Å². The summed E-state index contributed by atoms with van der Waals surface area (Å²) >= 11 is 13.7. The van der Waals surface area contributed by atoms with Crippen LogP contribution in [0.4, 0.5) is 4.39 Å². The van der Waals surface area contributed by atoms with Crippen molar-refractivity contribution in [2.75, 3.05) is 47.3 Å². The molecule has 0 bridgehead atoms. The summed E-state index contributed by atoms with van der Waals surface area (Å²) in [7, 11) is 6.68. The van der Waals surface area contributed by atoms with Gasteiger partial charge in [-0.15, -0.1) is 45.3 Å². The number of aryl methyl sites for hydroxylation is 7. The lowest BCUT2D eigenvalue weighted by Crippen LogP contribution is -2.30. The molecule has 0 saturated carbocycles. The lowest BCUT2D eigenvalue weighted by molar-refractivity contribution is 0.243. The molecule has 13 aromatic rings. The fourth-order valence-corrected chi connectivity index (χ4v) is 20.1. The molecule has 0 atom stereocenters. The Morgan fingerprint density at radius 3 is 1.46 bits per heavy atom. The second-order valence-corrected chi connectivity index (χ2v) is 33.2. The third kappa shape index (κ3) is 16.3. The zero-order valence-electron chi connectivity index (χ0n) is 59.9. The molecule has 0 radical (unpaired) electrons. The summed E-state index contributed by atoms with van der Waals surface area (Å²) in [6, 6.07) is 52.1. The second-order valence-electron chi connectivity index (χ2n) is 28.2. The summed E-state index contributed by atoms with van der Waals surface area (Å²) in [6.07, 6.45) is 20.3. The lowest BCUT2D eigenvalue weighted by atomic mass is 10.0. The predicted octanol–water partition coefficient (Wildman–Crippen LogP) is 21.4. The number of hydrogen-bond donors (Lipinski definition) is 0. The Kier molecular flexibility index (Phi) is 22.2. The Balaban J connectivity index is 0.000000115. The first-order valence-corrected chi connectivity index (χ1v) is 39.7. The van der Waals surface area contributed by atoms with Gasteiger partial charge in [0.1, 0.15) is 25.1 Å². The third-order valence-corrected chi connectivity index (χ3v) is 25.0. The maximum Gasteiger partial charge on any atom is 0.123 e. The number of fused-ring (bicyclic) bond motifs is 12. The normalized spacial score (nSPS) is 15.1. The molecule has 4 aliphatic heterocycles. The quantitative estimate of drug-likeness (QED) is 0.102. The first kappa shape index (κ1) is 70.4. The number of thiophene rings is 4. The van der Waals surface area contributed by atoms with E-state index >= 15 is 0 Å². The van der Waals surface area contributed by atoms with E-state index in [0.29, 0.717) is 0 Å². The smallest absolute Gasteiger partial charge is 0.123 e. The van der Waals surface area contributed by atoms with Gasteiger partial charge in [0, 0.05) is 175 Å². The maximum atomic E-state index is 13.6. The minimum atomic E-state index is -0.155. The molecule has 0 unspecified atom stereocenters. The van der Waals surface area contributed by atoms with Gasteiger partial charge in [-0.1, -0.05) is 163 Å². The number of likely N-dealkylation sites (N-methyl/N-ethyl adjacent to an activating group) is 3. The Morgan fingerprint density at radius 2 is 0.911 bits per heavy atom. The number of nitrogens with zero attached hydrogens (tertiary/aromatic N) is 8. The average molecular weight is 1430 g/mol. The molecule has 0 amide bonds. The van der Waals surface area contributed by atoms with Crippen molar-refractivity contribution in [2.24, 2.45) is 0 Å². The molecule has 4 aliphatic rings. The monoisotopic (exact) mass is 1430 g/mol. The number of rotatable bonds is 15. The highest BCUT2D eigenvalue weighted by Gasteiger charge is 2.28. The SMILES string of the molecule is Cc1cc2c3c(n(C/C=C/c4cccc(Cl)c4)c2s1)CCN(C)C3.Cc1cc2c3c(n(C/C=C/c4ccccc4)c2s1)CCN(Cc1cccc(F)c1)C3.Cc1ccc(/C=C/Cn2c3c(c4cc(C)sc42)CN(C)CC3)cc1.Cc1csc2c1c1c(n2CCCc2ccccc2)CCN(C)C1. The molecular weight excluding hydrogens is 1340 g/mol. The molecule has 8 nitrogen and oxygen atoms in total. The molecule has 0 saturated heterocycles. The first-order valence-electron chi connectivity index (χ1n) is 36.0. The Bertz CT molecular complexity index is 5100. The van der Waals surface area contributed by atoms with Crippen LogP contribution in [0.1, 0.15) is 105 Å². The van der Waals surface area contributed by atoms with E-state index in [4.69, 9.17) is 11.6 Å². The minimum absolute atomic E-state index is 0.155. The van der Waals surface area contributed by atoms with Gasteiger partial charge in [-0.3, -0.25) is 4.90 Å². The molecule has 17 rings (SSSR count). The number of hydrogen-bond acceptors (Lipinski definition) is 8. The Labute approximate surface area is 617 Å². The third-order valence-electron chi connectivity index (χ3n) is 20.4. The second kappa shape index (κ2) is 31.9. The zero-order chi connectivity index (χ0) is 69.7. The Hall–Kier alpha value is -7.66. The van der Waals surface area contributed by atoms with Gasteiger partial charge in [0.25, 0.3) is 0 Å². The zero-order valence-corrected chi connectivity index (χ0v) is 63.9. The van der Waals surface area contributed by atoms with E-state index in [-0.39, 0.29) is 5.82 Å². The van der Waals surface area contributed by atoms with E-state index < -0.39 is 0 Å². The van der Waals surface area contributed by atoms with Crippen LogP contribution in [0.3, 0.4) is 0 Å². The maximum absolute atomic E-state index is 13.6. The summed E-state index contributed by atoms with van der Waals surface area (Å²) in [4.78, 5) is 19.6. The lowest BCUT2D eigenvalue weighted by Gasteiger charge is -2.28. The molecule has 14 heteroatoms. The number of aromatic nitrogens is 4. The number of benzene rings is 5. The molecule has 0 spiro atoms. The molecule has 520 valence electrons. The van der Waals surface area contributed by atoms with Crippen LogP contribution in [-0.4, -0.2) is 85.2 Å². The summed E-state index contributed by atoms with van der Waals surface area (Å²) < 4.78 is 23.8. The highest BCUT2D eigenvalue weighted by atomic mass is 35.5. The summed E-state index contributed by atoms with van der Waals surface area (Å²) in [5, 5.41) is 8.97. The van der Waals surface area contributed by atoms with Crippen molar-refractivity contribution in [2.45, 2.75) is 132 Å². The van der Waals surface area contributed by atoms with Crippen molar-refractivity contribution in [3.8, 4) is 0 Å². The van der Waals surface area contributed by atoms with Gasteiger partial charge in [-0.05, 0) is 172 Å². The Morgan fingerprint density at radius 1 is 0.446 bits per heavy atom. The standard InChI is InChI=1S/C26H25FN2S.C21H24N2S.C20H21ClN2S.C20H24N2S/c1-19-15-23-24-18-28(17-21-9-5-11-22(27)16-21)14-12-25(24)29(26(23)30-19)13-6-10-20-7-3-2-4-8-20;1-15-6-8-17(9-7-15)5-4-11-23-20-10-12-22(3)14-19(20)18-13-16(2)24-21(18)23;1-14-11-17-18-13-22(2)10-8-19(18)23(20(17)24-14)9-4-6-15-5-3-7-16(21)12-15;1-15-14-23-20-19(15)17-13-21(2)12-10-18(17)22(20)11-6-9-16-7-4-3-5-8-16/h2-11,15-16H,12-14,17-18H2,1H3;4-9,13H,10-12,14H2,1-3H3;3-7,11-12H,8-10,13H2,1-2H3;3-5,7-8,14H,6,9-13H2,1-2H3/b10-6+;5-4+;6-4+;. The average Bonchev–Trinajstić information content (AvgIpc) is 1.62. The van der Waals surface area contributed by atoms with Crippen molar-refractivity contribution >= 4 is 116 Å². The largest absolute Gasteiger partial charge is 0.336 e. The van der Waals surface area contributed by atoms with E-state index in [1.165, 1.54) is 138 Å². The van der Waals surface area contributed by atoms with Crippen LogP contribution in [0.25, 0.3) is 59.1 Å². The number of allylic oxidation sites excluding steroid dienone is 3. The van der Waals surface area contributed by atoms with Crippen LogP contribution in [0, 0.1) is 40.4 Å². The van der Waals surface area contributed by atoms with Gasteiger partial charge in [0.2, 0.25) is 0 Å².